The molecule has 9 heteroatoms. The first kappa shape index (κ1) is 19.2. The number of ether oxygens (including phenoxy) is 1. The van der Waals surface area contributed by atoms with Gasteiger partial charge in [-0.1, -0.05) is 30.1 Å². The summed E-state index contributed by atoms with van der Waals surface area (Å²) in [5.41, 5.74) is 0.562. The van der Waals surface area contributed by atoms with Crippen LogP contribution in [-0.2, 0) is 9.53 Å². The van der Waals surface area contributed by atoms with Crippen LogP contribution < -0.4 is 10.6 Å². The summed E-state index contributed by atoms with van der Waals surface area (Å²) in [5, 5.41) is 24.6. The van der Waals surface area contributed by atoms with Crippen molar-refractivity contribution in [1.82, 2.24) is 10.6 Å². The lowest BCUT2D eigenvalue weighted by atomic mass is 9.93. The quantitative estimate of drug-likeness (QED) is 0.591. The number of halogens is 2. The van der Waals surface area contributed by atoms with E-state index in [9.17, 15) is 19.8 Å². The molecule has 1 aromatic carbocycles. The van der Waals surface area contributed by atoms with E-state index in [1.54, 1.807) is 20.8 Å². The van der Waals surface area contributed by atoms with Gasteiger partial charge in [-0.25, -0.2) is 9.59 Å². The van der Waals surface area contributed by atoms with E-state index in [1.165, 1.54) is 6.07 Å². The summed E-state index contributed by atoms with van der Waals surface area (Å²) >= 11 is 11.8. The zero-order valence-corrected chi connectivity index (χ0v) is 15.3. The van der Waals surface area contributed by atoms with Crippen LogP contribution in [0.4, 0.5) is 4.79 Å². The van der Waals surface area contributed by atoms with Crippen LogP contribution in [0.2, 0.25) is 10.0 Å². The summed E-state index contributed by atoms with van der Waals surface area (Å²) in [4.78, 5) is 24.5. The molecule has 1 aliphatic heterocycles. The van der Waals surface area contributed by atoms with Crippen LogP contribution in [0.5, 0.6) is 11.5 Å². The summed E-state index contributed by atoms with van der Waals surface area (Å²) in [6.07, 6.45) is -0.0239. The summed E-state index contributed by atoms with van der Waals surface area (Å²) in [6.45, 7) is 5.15. The predicted octanol–water partition coefficient (Wildman–Crippen LogP) is 3.37. The average molecular weight is 389 g/mol. The second kappa shape index (κ2) is 7.41. The van der Waals surface area contributed by atoms with Gasteiger partial charge in [-0.15, -0.1) is 0 Å². The van der Waals surface area contributed by atoms with E-state index in [-0.39, 0.29) is 27.3 Å². The highest BCUT2D eigenvalue weighted by Crippen LogP contribution is 2.45. The Bertz CT molecular complexity index is 761. The van der Waals surface area contributed by atoms with Gasteiger partial charge < -0.3 is 25.6 Å². The number of nitrogens with one attached hydrogen (secondary N) is 2. The zero-order chi connectivity index (χ0) is 18.9. The molecule has 0 aliphatic carbocycles. The van der Waals surface area contributed by atoms with Crippen molar-refractivity contribution in [1.29, 1.82) is 0 Å². The molecule has 1 heterocycles. The molecule has 1 unspecified atom stereocenters. The Morgan fingerprint density at radius 2 is 1.96 bits per heavy atom. The molecule has 25 heavy (non-hydrogen) atoms. The molecular formula is C16H18Cl2N2O5. The summed E-state index contributed by atoms with van der Waals surface area (Å²) in [6, 6.07) is -0.349. The minimum atomic E-state index is -1.04. The fraction of sp³-hybridized carbons (Fsp3) is 0.375. The Kier molecular flexibility index (Phi) is 5.69. The van der Waals surface area contributed by atoms with E-state index in [2.05, 4.69) is 10.6 Å². The molecule has 4 N–H and O–H groups in total. The number of amides is 2. The highest BCUT2D eigenvalue weighted by molar-refractivity contribution is 6.38. The topological polar surface area (TPSA) is 108 Å². The molecule has 2 rings (SSSR count). The smallest absolute Gasteiger partial charge is 0.338 e. The Morgan fingerprint density at radius 3 is 2.52 bits per heavy atom. The number of esters is 1. The monoisotopic (exact) mass is 388 g/mol. The molecule has 0 saturated heterocycles. The number of benzene rings is 1. The standard InChI is InChI=1S/C16H18Cl2N2O5/c1-4-9-10(15(23)25-6(2)3)12(20-16(24)19-9)7-5-8(17)14(22)11(18)13(7)21/h5-6,12,21-22H,4H2,1-3H3,(H2,19,20,24). The predicted molar refractivity (Wildman–Crippen MR) is 92.7 cm³/mol. The van der Waals surface area contributed by atoms with Crippen molar-refractivity contribution >= 4 is 35.2 Å². The molecule has 1 aliphatic rings. The SMILES string of the molecule is CCC1=C(C(=O)OC(C)C)C(c2cc(Cl)c(O)c(Cl)c2O)NC(=O)N1. The van der Waals surface area contributed by atoms with Crippen molar-refractivity contribution in [3.05, 3.63) is 32.9 Å². The highest BCUT2D eigenvalue weighted by Gasteiger charge is 2.36. The minimum absolute atomic E-state index is 0.0734. The van der Waals surface area contributed by atoms with Crippen LogP contribution in [0.25, 0.3) is 0 Å². The summed E-state index contributed by atoms with van der Waals surface area (Å²) in [5.74, 6) is -1.62. The first-order valence-corrected chi connectivity index (χ1v) is 8.34. The van der Waals surface area contributed by atoms with Gasteiger partial charge >= 0.3 is 12.0 Å². The van der Waals surface area contributed by atoms with Crippen molar-refractivity contribution in [2.45, 2.75) is 39.3 Å². The third-order valence-electron chi connectivity index (χ3n) is 3.58. The number of carbonyl (C=O) groups is 2. The maximum atomic E-state index is 12.5. The Morgan fingerprint density at radius 1 is 1.32 bits per heavy atom. The first-order chi connectivity index (χ1) is 11.7. The highest BCUT2D eigenvalue weighted by atomic mass is 35.5. The van der Waals surface area contributed by atoms with Crippen molar-refractivity contribution < 1.29 is 24.5 Å². The van der Waals surface area contributed by atoms with Crippen LogP contribution in [0.3, 0.4) is 0 Å². The van der Waals surface area contributed by atoms with Gasteiger partial charge in [0.25, 0.3) is 0 Å². The van der Waals surface area contributed by atoms with Gasteiger partial charge in [0.05, 0.1) is 22.7 Å². The van der Waals surface area contributed by atoms with Crippen LogP contribution >= 0.6 is 23.2 Å². The van der Waals surface area contributed by atoms with E-state index in [1.807, 2.05) is 0 Å². The number of carbonyl (C=O) groups excluding carboxylic acids is 2. The second-order valence-corrected chi connectivity index (χ2v) is 6.48. The van der Waals surface area contributed by atoms with E-state index >= 15 is 0 Å². The molecule has 136 valence electrons. The third kappa shape index (κ3) is 3.77. The molecule has 1 aromatic rings. The van der Waals surface area contributed by atoms with Crippen molar-refractivity contribution in [2.75, 3.05) is 0 Å². The molecule has 7 nitrogen and oxygen atoms in total. The number of allylic oxidation sites excluding steroid dienone is 1. The molecule has 0 bridgehead atoms. The van der Waals surface area contributed by atoms with Crippen LogP contribution in [0.15, 0.2) is 17.3 Å². The Balaban J connectivity index is 2.64. The molecule has 0 saturated carbocycles. The largest absolute Gasteiger partial charge is 0.506 e. The van der Waals surface area contributed by atoms with Gasteiger partial charge in [-0.3, -0.25) is 0 Å². The maximum absolute atomic E-state index is 12.5. The fourth-order valence-electron chi connectivity index (χ4n) is 2.49. The molecular weight excluding hydrogens is 371 g/mol. The van der Waals surface area contributed by atoms with E-state index < -0.39 is 29.5 Å². The zero-order valence-electron chi connectivity index (χ0n) is 13.8. The second-order valence-electron chi connectivity index (χ2n) is 5.69. The van der Waals surface area contributed by atoms with Gasteiger partial charge in [0.1, 0.15) is 10.8 Å². The number of rotatable bonds is 4. The minimum Gasteiger partial charge on any atom is -0.506 e. The molecule has 0 radical (unpaired) electrons. The molecule has 1 atom stereocenters. The molecule has 0 fully saturated rings. The lowest BCUT2D eigenvalue weighted by Crippen LogP contribution is -2.46. The van der Waals surface area contributed by atoms with Crippen molar-refractivity contribution in [2.24, 2.45) is 0 Å². The van der Waals surface area contributed by atoms with Crippen LogP contribution in [-0.4, -0.2) is 28.3 Å². The summed E-state index contributed by atoms with van der Waals surface area (Å²) in [7, 11) is 0. The van der Waals surface area contributed by atoms with E-state index in [0.717, 1.165) is 0 Å². The summed E-state index contributed by atoms with van der Waals surface area (Å²) < 4.78 is 5.25. The lowest BCUT2D eigenvalue weighted by Gasteiger charge is -2.30. The number of phenolic OH excluding ortho intramolecular Hbond substituents is 2. The van der Waals surface area contributed by atoms with Crippen LogP contribution in [0, 0.1) is 0 Å². The molecule has 0 spiro atoms. The van der Waals surface area contributed by atoms with E-state index in [4.69, 9.17) is 27.9 Å². The number of urea groups is 1. The first-order valence-electron chi connectivity index (χ1n) is 7.58. The average Bonchev–Trinajstić information content (AvgIpc) is 2.54. The van der Waals surface area contributed by atoms with Gasteiger partial charge in [-0.2, -0.15) is 0 Å². The van der Waals surface area contributed by atoms with Gasteiger partial charge in [0.2, 0.25) is 0 Å². The van der Waals surface area contributed by atoms with E-state index in [0.29, 0.717) is 12.1 Å². The molecule has 2 amide bonds. The number of hydrogen-bond acceptors (Lipinski definition) is 5. The van der Waals surface area contributed by atoms with Gasteiger partial charge in [-0.05, 0) is 26.3 Å². The van der Waals surface area contributed by atoms with Gasteiger partial charge in [0.15, 0.2) is 5.75 Å². The number of hydrogen-bond donors (Lipinski definition) is 4. The Labute approximate surface area is 154 Å². The number of phenols is 2. The van der Waals surface area contributed by atoms with Gasteiger partial charge in [0, 0.05) is 11.3 Å². The fourth-order valence-corrected chi connectivity index (χ4v) is 2.96. The number of aromatic hydroxyl groups is 2. The van der Waals surface area contributed by atoms with Crippen LogP contribution in [0.1, 0.15) is 38.8 Å². The van der Waals surface area contributed by atoms with Crippen molar-refractivity contribution in [3.8, 4) is 11.5 Å². The van der Waals surface area contributed by atoms with Crippen molar-refractivity contribution in [3.63, 3.8) is 0 Å². The lowest BCUT2D eigenvalue weighted by molar-refractivity contribution is -0.143. The molecule has 0 aromatic heterocycles. The third-order valence-corrected chi connectivity index (χ3v) is 4.22. The normalized spacial score (nSPS) is 17.4. The Hall–Kier alpha value is -2.12. The maximum Gasteiger partial charge on any atom is 0.338 e.